The Labute approximate surface area is 152 Å². The highest BCUT2D eigenvalue weighted by Crippen LogP contribution is 2.19. The van der Waals surface area contributed by atoms with Gasteiger partial charge in [-0.25, -0.2) is 0 Å². The molecule has 1 aromatic heterocycles. The molecule has 0 N–H and O–H groups in total. The maximum absolute atomic E-state index is 12.7. The van der Waals surface area contributed by atoms with E-state index in [2.05, 4.69) is 0 Å². The van der Waals surface area contributed by atoms with Gasteiger partial charge in [0.25, 0.3) is 0 Å². The molecule has 3 rings (SSSR count). The van der Waals surface area contributed by atoms with Gasteiger partial charge in [0.15, 0.2) is 0 Å². The van der Waals surface area contributed by atoms with Crippen molar-refractivity contribution in [3.05, 3.63) is 22.4 Å². The molecule has 0 bridgehead atoms. The van der Waals surface area contributed by atoms with Gasteiger partial charge >= 0.3 is 0 Å². The summed E-state index contributed by atoms with van der Waals surface area (Å²) in [5.74, 6) is 0.195. The molecule has 2 amide bonds. The predicted octanol–water partition coefficient (Wildman–Crippen LogP) is 1.55. The number of carbonyl (C=O) groups is 2. The Hall–Kier alpha value is -1.44. The molecule has 2 fully saturated rings. The van der Waals surface area contributed by atoms with E-state index in [1.54, 1.807) is 18.4 Å². The van der Waals surface area contributed by atoms with Gasteiger partial charge < -0.3 is 19.3 Å². The SMILES string of the molecule is COC1CCN(C(=O)C[C@H]2COCCN2C(=O)Cc2cccs2)CC1. The van der Waals surface area contributed by atoms with Crippen LogP contribution in [-0.2, 0) is 25.5 Å². The Morgan fingerprint density at radius 3 is 2.76 bits per heavy atom. The molecular weight excluding hydrogens is 340 g/mol. The van der Waals surface area contributed by atoms with Crippen LogP contribution in [0.25, 0.3) is 0 Å². The number of piperidine rings is 1. The normalized spacial score (nSPS) is 22.2. The van der Waals surface area contributed by atoms with Crippen LogP contribution in [0.4, 0.5) is 0 Å². The summed E-state index contributed by atoms with van der Waals surface area (Å²) in [7, 11) is 1.72. The molecule has 7 heteroatoms. The number of methoxy groups -OCH3 is 1. The van der Waals surface area contributed by atoms with E-state index in [-0.39, 0.29) is 24.0 Å². The van der Waals surface area contributed by atoms with E-state index in [0.717, 1.165) is 30.8 Å². The van der Waals surface area contributed by atoms with Crippen LogP contribution >= 0.6 is 11.3 Å². The van der Waals surface area contributed by atoms with E-state index < -0.39 is 0 Å². The summed E-state index contributed by atoms with van der Waals surface area (Å²) >= 11 is 1.59. The molecule has 25 heavy (non-hydrogen) atoms. The monoisotopic (exact) mass is 366 g/mol. The van der Waals surface area contributed by atoms with Crippen molar-refractivity contribution in [2.45, 2.75) is 37.8 Å². The summed E-state index contributed by atoms with van der Waals surface area (Å²) in [6.45, 7) is 3.01. The number of rotatable bonds is 5. The van der Waals surface area contributed by atoms with Gasteiger partial charge in [0.1, 0.15) is 0 Å². The average Bonchev–Trinajstić information content (AvgIpc) is 3.15. The van der Waals surface area contributed by atoms with E-state index in [1.165, 1.54) is 0 Å². The minimum atomic E-state index is -0.158. The van der Waals surface area contributed by atoms with Crippen LogP contribution in [0.5, 0.6) is 0 Å². The molecule has 1 atom stereocenters. The first kappa shape index (κ1) is 18.4. The lowest BCUT2D eigenvalue weighted by atomic mass is 10.1. The zero-order chi connectivity index (χ0) is 17.6. The van der Waals surface area contributed by atoms with Gasteiger partial charge in [-0.05, 0) is 24.3 Å². The van der Waals surface area contributed by atoms with Crippen molar-refractivity contribution < 1.29 is 19.1 Å². The third kappa shape index (κ3) is 4.80. The molecule has 0 aromatic carbocycles. The van der Waals surface area contributed by atoms with Gasteiger partial charge in [0.05, 0.1) is 31.8 Å². The number of carbonyl (C=O) groups excluding carboxylic acids is 2. The smallest absolute Gasteiger partial charge is 0.228 e. The first-order chi connectivity index (χ1) is 12.2. The van der Waals surface area contributed by atoms with Crippen molar-refractivity contribution in [1.82, 2.24) is 9.80 Å². The third-order valence-electron chi connectivity index (χ3n) is 4.99. The zero-order valence-electron chi connectivity index (χ0n) is 14.7. The number of amides is 2. The first-order valence-corrected chi connectivity index (χ1v) is 9.75. The first-order valence-electron chi connectivity index (χ1n) is 8.87. The Morgan fingerprint density at radius 1 is 1.28 bits per heavy atom. The topological polar surface area (TPSA) is 59.1 Å². The largest absolute Gasteiger partial charge is 0.381 e. The second-order valence-corrected chi connectivity index (χ2v) is 7.62. The summed E-state index contributed by atoms with van der Waals surface area (Å²) in [6, 6.07) is 3.77. The van der Waals surface area contributed by atoms with Gasteiger partial charge in [0, 0.05) is 38.0 Å². The van der Waals surface area contributed by atoms with Gasteiger partial charge in [-0.3, -0.25) is 9.59 Å². The average molecular weight is 366 g/mol. The van der Waals surface area contributed by atoms with E-state index in [0.29, 0.717) is 32.6 Å². The quantitative estimate of drug-likeness (QED) is 0.793. The molecule has 0 aliphatic carbocycles. The Balaban J connectivity index is 1.55. The lowest BCUT2D eigenvalue weighted by Crippen LogP contribution is -2.52. The van der Waals surface area contributed by atoms with Crippen LogP contribution < -0.4 is 0 Å². The molecule has 2 aliphatic rings. The van der Waals surface area contributed by atoms with Crippen molar-refractivity contribution >= 4 is 23.2 Å². The maximum atomic E-state index is 12.7. The van der Waals surface area contributed by atoms with Crippen LogP contribution in [0, 0.1) is 0 Å². The van der Waals surface area contributed by atoms with Crippen molar-refractivity contribution in [1.29, 1.82) is 0 Å². The van der Waals surface area contributed by atoms with Crippen LogP contribution in [0.2, 0.25) is 0 Å². The van der Waals surface area contributed by atoms with Crippen LogP contribution in [-0.4, -0.2) is 73.7 Å². The van der Waals surface area contributed by atoms with Crippen LogP contribution in [0.15, 0.2) is 17.5 Å². The highest BCUT2D eigenvalue weighted by Gasteiger charge is 2.31. The molecular formula is C18H26N2O4S. The summed E-state index contributed by atoms with van der Waals surface area (Å²) in [4.78, 5) is 30.1. The van der Waals surface area contributed by atoms with Crippen LogP contribution in [0.3, 0.4) is 0 Å². The molecule has 2 saturated heterocycles. The number of ether oxygens (including phenoxy) is 2. The Morgan fingerprint density at radius 2 is 2.08 bits per heavy atom. The predicted molar refractivity (Wildman–Crippen MR) is 95.6 cm³/mol. The summed E-state index contributed by atoms with van der Waals surface area (Å²) < 4.78 is 10.9. The molecule has 2 aliphatic heterocycles. The summed E-state index contributed by atoms with van der Waals surface area (Å²) in [5, 5.41) is 1.98. The Bertz CT molecular complexity index is 570. The van der Waals surface area contributed by atoms with E-state index >= 15 is 0 Å². The lowest BCUT2D eigenvalue weighted by Gasteiger charge is -2.37. The highest BCUT2D eigenvalue weighted by molar-refractivity contribution is 7.10. The standard InChI is InChI=1S/C18H26N2O4S/c1-23-15-4-6-19(7-5-15)17(21)11-14-13-24-9-8-20(14)18(22)12-16-3-2-10-25-16/h2-3,10,14-15H,4-9,11-13H2,1H3/t14-/m0/s1. The van der Waals surface area contributed by atoms with Crippen molar-refractivity contribution in [2.24, 2.45) is 0 Å². The number of morpholine rings is 1. The highest BCUT2D eigenvalue weighted by atomic mass is 32.1. The fraction of sp³-hybridized carbons (Fsp3) is 0.667. The summed E-state index contributed by atoms with van der Waals surface area (Å²) in [5.41, 5.74) is 0. The van der Waals surface area contributed by atoms with Gasteiger partial charge in [-0.15, -0.1) is 11.3 Å². The maximum Gasteiger partial charge on any atom is 0.228 e. The van der Waals surface area contributed by atoms with Crippen molar-refractivity contribution in [3.8, 4) is 0 Å². The number of nitrogens with zero attached hydrogens (tertiary/aromatic N) is 2. The number of hydrogen-bond donors (Lipinski definition) is 0. The molecule has 0 spiro atoms. The molecule has 0 saturated carbocycles. The van der Waals surface area contributed by atoms with E-state index in [1.807, 2.05) is 27.3 Å². The van der Waals surface area contributed by atoms with Gasteiger partial charge in [-0.1, -0.05) is 6.07 Å². The molecule has 138 valence electrons. The van der Waals surface area contributed by atoms with Gasteiger partial charge in [0.2, 0.25) is 11.8 Å². The fourth-order valence-corrected chi connectivity index (χ4v) is 4.18. The zero-order valence-corrected chi connectivity index (χ0v) is 15.5. The number of likely N-dealkylation sites (tertiary alicyclic amines) is 1. The van der Waals surface area contributed by atoms with Gasteiger partial charge in [-0.2, -0.15) is 0 Å². The van der Waals surface area contributed by atoms with Crippen molar-refractivity contribution in [2.75, 3.05) is 40.0 Å². The number of thiophene rings is 1. The number of hydrogen-bond acceptors (Lipinski definition) is 5. The minimum absolute atomic E-state index is 0.0849. The fourth-order valence-electron chi connectivity index (χ4n) is 3.49. The third-order valence-corrected chi connectivity index (χ3v) is 5.87. The van der Waals surface area contributed by atoms with Crippen LogP contribution in [0.1, 0.15) is 24.1 Å². The second-order valence-electron chi connectivity index (χ2n) is 6.59. The molecule has 0 radical (unpaired) electrons. The summed E-state index contributed by atoms with van der Waals surface area (Å²) in [6.07, 6.45) is 2.76. The second kappa shape index (κ2) is 8.78. The van der Waals surface area contributed by atoms with E-state index in [4.69, 9.17) is 9.47 Å². The molecule has 1 aromatic rings. The minimum Gasteiger partial charge on any atom is -0.381 e. The molecule has 6 nitrogen and oxygen atoms in total. The lowest BCUT2D eigenvalue weighted by molar-refractivity contribution is -0.144. The van der Waals surface area contributed by atoms with E-state index in [9.17, 15) is 9.59 Å². The van der Waals surface area contributed by atoms with Crippen molar-refractivity contribution in [3.63, 3.8) is 0 Å². The molecule has 0 unspecified atom stereocenters. The molecule has 3 heterocycles. The Kier molecular flexibility index (Phi) is 6.45.